The first-order valence-electron chi connectivity index (χ1n) is 5.40. The van der Waals surface area contributed by atoms with E-state index in [0.29, 0.717) is 11.1 Å². The van der Waals surface area contributed by atoms with E-state index in [9.17, 15) is 17.6 Å². The highest BCUT2D eigenvalue weighted by Gasteiger charge is 2.31. The fourth-order valence-corrected chi connectivity index (χ4v) is 2.20. The van der Waals surface area contributed by atoms with E-state index in [1.54, 1.807) is 18.5 Å². The minimum Gasteiger partial charge on any atom is -0.374 e. The van der Waals surface area contributed by atoms with Crippen molar-refractivity contribution in [2.75, 3.05) is 5.32 Å². The quantitative estimate of drug-likeness (QED) is 0.843. The van der Waals surface area contributed by atoms with Crippen LogP contribution in [0.1, 0.15) is 23.5 Å². The molecule has 1 atom stereocenters. The standard InChI is InChI=1S/C12H10F4N2S/c1-7(11-17-4-5-19-11)18-10-6-8(12(14,15)16)2-3-9(10)13/h2-7,18H,1H3. The summed E-state index contributed by atoms with van der Waals surface area (Å²) in [4.78, 5) is 4.02. The Morgan fingerprint density at radius 1 is 1.32 bits per heavy atom. The molecule has 0 radical (unpaired) electrons. The van der Waals surface area contributed by atoms with Crippen LogP contribution in [-0.4, -0.2) is 4.98 Å². The van der Waals surface area contributed by atoms with Gasteiger partial charge in [0.25, 0.3) is 0 Å². The predicted molar refractivity (Wildman–Crippen MR) is 65.6 cm³/mol. The highest BCUT2D eigenvalue weighted by molar-refractivity contribution is 7.09. The Labute approximate surface area is 111 Å². The first-order valence-corrected chi connectivity index (χ1v) is 6.28. The fourth-order valence-electron chi connectivity index (χ4n) is 1.56. The first-order chi connectivity index (χ1) is 8.88. The summed E-state index contributed by atoms with van der Waals surface area (Å²) < 4.78 is 51.2. The summed E-state index contributed by atoms with van der Waals surface area (Å²) in [5, 5.41) is 5.12. The molecule has 2 aromatic rings. The molecule has 0 saturated carbocycles. The molecule has 7 heteroatoms. The Bertz CT molecular complexity index is 551. The molecule has 0 bridgehead atoms. The summed E-state index contributed by atoms with van der Waals surface area (Å²) in [5.41, 5.74) is -1.07. The van der Waals surface area contributed by atoms with Crippen molar-refractivity contribution in [2.45, 2.75) is 19.1 Å². The van der Waals surface area contributed by atoms with Crippen molar-refractivity contribution in [3.05, 3.63) is 46.2 Å². The Balaban J connectivity index is 2.25. The van der Waals surface area contributed by atoms with Crippen molar-refractivity contribution in [1.29, 1.82) is 0 Å². The number of nitrogens with one attached hydrogen (secondary N) is 1. The lowest BCUT2D eigenvalue weighted by atomic mass is 10.1. The number of rotatable bonds is 3. The molecule has 0 aliphatic carbocycles. The van der Waals surface area contributed by atoms with Crippen molar-refractivity contribution >= 4 is 17.0 Å². The van der Waals surface area contributed by atoms with Gasteiger partial charge in [0.15, 0.2) is 0 Å². The number of benzene rings is 1. The largest absolute Gasteiger partial charge is 0.416 e. The van der Waals surface area contributed by atoms with E-state index in [1.165, 1.54) is 11.3 Å². The van der Waals surface area contributed by atoms with Crippen LogP contribution in [0.25, 0.3) is 0 Å². The molecule has 0 fully saturated rings. The lowest BCUT2D eigenvalue weighted by Gasteiger charge is -2.15. The second-order valence-corrected chi connectivity index (χ2v) is 4.85. The van der Waals surface area contributed by atoms with Gasteiger partial charge in [0, 0.05) is 11.6 Å². The monoisotopic (exact) mass is 290 g/mol. The number of aromatic nitrogens is 1. The molecular weight excluding hydrogens is 280 g/mol. The third-order valence-corrected chi connectivity index (χ3v) is 3.45. The Morgan fingerprint density at radius 3 is 2.63 bits per heavy atom. The first kappa shape index (κ1) is 13.8. The van der Waals surface area contributed by atoms with Crippen molar-refractivity contribution in [3.8, 4) is 0 Å². The topological polar surface area (TPSA) is 24.9 Å². The number of hydrogen-bond acceptors (Lipinski definition) is 3. The average molecular weight is 290 g/mol. The average Bonchev–Trinajstić information content (AvgIpc) is 2.84. The van der Waals surface area contributed by atoms with E-state index in [-0.39, 0.29) is 11.7 Å². The fraction of sp³-hybridized carbons (Fsp3) is 0.250. The van der Waals surface area contributed by atoms with Crippen molar-refractivity contribution in [2.24, 2.45) is 0 Å². The van der Waals surface area contributed by atoms with Crippen LogP contribution in [0.3, 0.4) is 0 Å². The molecule has 0 aliphatic rings. The SMILES string of the molecule is CC(Nc1cc(C(F)(F)F)ccc1F)c1nccs1. The normalized spacial score (nSPS) is 13.3. The van der Waals surface area contributed by atoms with Crippen LogP contribution in [0.5, 0.6) is 0 Å². The highest BCUT2D eigenvalue weighted by atomic mass is 32.1. The van der Waals surface area contributed by atoms with Gasteiger partial charge in [-0.3, -0.25) is 0 Å². The molecule has 102 valence electrons. The lowest BCUT2D eigenvalue weighted by molar-refractivity contribution is -0.137. The Kier molecular flexibility index (Phi) is 3.75. The van der Waals surface area contributed by atoms with Gasteiger partial charge >= 0.3 is 6.18 Å². The van der Waals surface area contributed by atoms with Gasteiger partial charge in [-0.2, -0.15) is 13.2 Å². The van der Waals surface area contributed by atoms with Crippen molar-refractivity contribution in [1.82, 2.24) is 4.98 Å². The number of alkyl halides is 3. The zero-order valence-corrected chi connectivity index (χ0v) is 10.6. The number of halogens is 4. The second kappa shape index (κ2) is 5.16. The van der Waals surface area contributed by atoms with Crippen LogP contribution >= 0.6 is 11.3 Å². The van der Waals surface area contributed by atoms with Crippen LogP contribution < -0.4 is 5.32 Å². The molecule has 1 aromatic heterocycles. The molecule has 0 saturated heterocycles. The van der Waals surface area contributed by atoms with Crippen LogP contribution in [0, 0.1) is 5.82 Å². The van der Waals surface area contributed by atoms with Crippen LogP contribution in [0.4, 0.5) is 23.2 Å². The Hall–Kier alpha value is -1.63. The molecule has 0 spiro atoms. The van der Waals surface area contributed by atoms with E-state index in [2.05, 4.69) is 10.3 Å². The van der Waals surface area contributed by atoms with Gasteiger partial charge in [-0.25, -0.2) is 9.37 Å². The van der Waals surface area contributed by atoms with Crippen LogP contribution in [0.15, 0.2) is 29.8 Å². The van der Waals surface area contributed by atoms with Gasteiger partial charge in [0.2, 0.25) is 0 Å². The van der Waals surface area contributed by atoms with Gasteiger partial charge in [-0.05, 0) is 25.1 Å². The molecule has 1 unspecified atom stereocenters. The minimum absolute atomic E-state index is 0.183. The van der Waals surface area contributed by atoms with E-state index in [1.807, 2.05) is 0 Å². The lowest BCUT2D eigenvalue weighted by Crippen LogP contribution is -2.10. The van der Waals surface area contributed by atoms with Gasteiger partial charge in [0.1, 0.15) is 10.8 Å². The zero-order chi connectivity index (χ0) is 14.0. The van der Waals surface area contributed by atoms with E-state index in [0.717, 1.165) is 12.1 Å². The number of thiazole rings is 1. The van der Waals surface area contributed by atoms with E-state index < -0.39 is 17.6 Å². The number of nitrogens with zero attached hydrogens (tertiary/aromatic N) is 1. The summed E-state index contributed by atoms with van der Waals surface area (Å²) in [6.07, 6.45) is -2.91. The summed E-state index contributed by atoms with van der Waals surface area (Å²) >= 11 is 1.35. The van der Waals surface area contributed by atoms with Gasteiger partial charge in [-0.15, -0.1) is 11.3 Å². The van der Waals surface area contributed by atoms with Gasteiger partial charge in [-0.1, -0.05) is 0 Å². The van der Waals surface area contributed by atoms with E-state index in [4.69, 9.17) is 0 Å². The van der Waals surface area contributed by atoms with Crippen molar-refractivity contribution in [3.63, 3.8) is 0 Å². The second-order valence-electron chi connectivity index (χ2n) is 3.93. The van der Waals surface area contributed by atoms with Crippen molar-refractivity contribution < 1.29 is 17.6 Å². The molecule has 2 rings (SSSR count). The molecule has 1 N–H and O–H groups in total. The molecule has 0 aliphatic heterocycles. The molecular formula is C12H10F4N2S. The third-order valence-electron chi connectivity index (χ3n) is 2.49. The minimum atomic E-state index is -4.49. The van der Waals surface area contributed by atoms with Gasteiger partial charge < -0.3 is 5.32 Å². The molecule has 19 heavy (non-hydrogen) atoms. The zero-order valence-electron chi connectivity index (χ0n) is 9.83. The summed E-state index contributed by atoms with van der Waals surface area (Å²) in [6.45, 7) is 1.71. The number of hydrogen-bond donors (Lipinski definition) is 1. The van der Waals surface area contributed by atoms with Crippen LogP contribution in [0.2, 0.25) is 0 Å². The van der Waals surface area contributed by atoms with Gasteiger partial charge in [0.05, 0.1) is 17.3 Å². The summed E-state index contributed by atoms with van der Waals surface area (Å²) in [7, 11) is 0. The maximum Gasteiger partial charge on any atom is 0.416 e. The van der Waals surface area contributed by atoms with Crippen LogP contribution in [-0.2, 0) is 6.18 Å². The molecule has 1 aromatic carbocycles. The summed E-state index contributed by atoms with van der Waals surface area (Å²) in [6, 6.07) is 1.92. The Morgan fingerprint density at radius 2 is 2.05 bits per heavy atom. The third kappa shape index (κ3) is 3.23. The smallest absolute Gasteiger partial charge is 0.374 e. The number of anilines is 1. The molecule has 0 amide bonds. The predicted octanol–water partition coefficient (Wildman–Crippen LogP) is 4.47. The highest BCUT2D eigenvalue weighted by Crippen LogP contribution is 2.33. The summed E-state index contributed by atoms with van der Waals surface area (Å²) in [5.74, 6) is -0.726. The molecule has 2 nitrogen and oxygen atoms in total. The molecule has 1 heterocycles. The van der Waals surface area contributed by atoms with E-state index >= 15 is 0 Å². The maximum absolute atomic E-state index is 13.5. The maximum atomic E-state index is 13.5.